The van der Waals surface area contributed by atoms with E-state index in [1.54, 1.807) is 0 Å². The lowest BCUT2D eigenvalue weighted by Crippen LogP contribution is -2.50. The summed E-state index contributed by atoms with van der Waals surface area (Å²) in [6.45, 7) is 9.47. The molecule has 1 saturated heterocycles. The predicted octanol–water partition coefficient (Wildman–Crippen LogP) is 2.91. The molecule has 1 aliphatic carbocycles. The van der Waals surface area contributed by atoms with Gasteiger partial charge >= 0.3 is 6.03 Å². The number of hydrogen-bond acceptors (Lipinski definition) is 4. The molecule has 4 rings (SSSR count). The van der Waals surface area contributed by atoms with Crippen LogP contribution in [0.3, 0.4) is 0 Å². The van der Waals surface area contributed by atoms with Crippen molar-refractivity contribution in [2.45, 2.75) is 51.0 Å². The van der Waals surface area contributed by atoms with Crippen LogP contribution < -0.4 is 20.1 Å². The number of amides is 2. The predicted molar refractivity (Wildman–Crippen MR) is 109 cm³/mol. The van der Waals surface area contributed by atoms with Gasteiger partial charge in [-0.3, -0.25) is 0 Å². The Balaban J connectivity index is 1.23. The molecule has 0 bridgehead atoms. The molecule has 0 aromatic heterocycles. The number of fused-ring (bicyclic) bond motifs is 1. The Morgan fingerprint density at radius 1 is 1.11 bits per heavy atom. The number of rotatable bonds is 6. The third kappa shape index (κ3) is 4.90. The maximum absolute atomic E-state index is 12.4. The second-order valence-electron chi connectivity index (χ2n) is 9.09. The average Bonchev–Trinajstić information content (AvgIpc) is 3.52. The topological polar surface area (TPSA) is 62.8 Å². The van der Waals surface area contributed by atoms with Gasteiger partial charge in [0.25, 0.3) is 0 Å². The van der Waals surface area contributed by atoms with Gasteiger partial charge in [0.1, 0.15) is 13.2 Å². The number of nitrogens with zero attached hydrogens (tertiary/aromatic N) is 1. The van der Waals surface area contributed by atoms with Gasteiger partial charge in [-0.05, 0) is 49.3 Å². The number of hydrogen-bond donors (Lipinski definition) is 2. The Kier molecular flexibility index (Phi) is 5.67. The van der Waals surface area contributed by atoms with Crippen LogP contribution >= 0.6 is 0 Å². The third-order valence-corrected chi connectivity index (χ3v) is 6.15. The highest BCUT2D eigenvalue weighted by atomic mass is 16.6. The van der Waals surface area contributed by atoms with Crippen molar-refractivity contribution in [2.24, 2.45) is 5.92 Å². The Morgan fingerprint density at radius 2 is 1.82 bits per heavy atom. The summed E-state index contributed by atoms with van der Waals surface area (Å²) >= 11 is 0. The summed E-state index contributed by atoms with van der Waals surface area (Å²) in [5.74, 6) is 2.53. The van der Waals surface area contributed by atoms with Gasteiger partial charge in [-0.1, -0.05) is 19.9 Å². The number of carbonyl (C=O) groups excluding carboxylic acids is 1. The summed E-state index contributed by atoms with van der Waals surface area (Å²) in [4.78, 5) is 15.0. The van der Waals surface area contributed by atoms with Crippen molar-refractivity contribution in [3.8, 4) is 11.5 Å². The normalized spacial score (nSPS) is 20.6. The van der Waals surface area contributed by atoms with Crippen molar-refractivity contribution in [2.75, 3.05) is 39.4 Å². The first kappa shape index (κ1) is 19.4. The molecule has 1 aromatic carbocycles. The highest BCUT2D eigenvalue weighted by Crippen LogP contribution is 2.35. The van der Waals surface area contributed by atoms with Crippen LogP contribution in [0.4, 0.5) is 4.79 Å². The number of ether oxygens (including phenoxy) is 2. The molecule has 3 aliphatic rings. The molecule has 2 N–H and O–H groups in total. The van der Waals surface area contributed by atoms with Crippen LogP contribution in [0.25, 0.3) is 0 Å². The molecule has 6 heteroatoms. The minimum absolute atomic E-state index is 0.0636. The standard InChI is InChI=1S/C22H33N3O3/c1-22(2,17-5-6-19-20(13-17)28-12-11-27-19)15-23-21(26)24-18-7-9-25(10-8-18)14-16-3-4-16/h5-6,13,16,18H,3-4,7-12,14-15H2,1-2H3,(H2,23,24,26). The van der Waals surface area contributed by atoms with Crippen LogP contribution in [0.15, 0.2) is 18.2 Å². The lowest BCUT2D eigenvalue weighted by atomic mass is 9.84. The van der Waals surface area contributed by atoms with Crippen molar-refractivity contribution >= 4 is 6.03 Å². The van der Waals surface area contributed by atoms with Gasteiger partial charge < -0.3 is 25.0 Å². The van der Waals surface area contributed by atoms with E-state index < -0.39 is 0 Å². The molecule has 0 spiro atoms. The number of carbonyl (C=O) groups is 1. The largest absolute Gasteiger partial charge is 0.486 e. The smallest absolute Gasteiger partial charge is 0.315 e. The molecular weight excluding hydrogens is 354 g/mol. The zero-order valence-electron chi connectivity index (χ0n) is 17.1. The highest BCUT2D eigenvalue weighted by molar-refractivity contribution is 5.74. The van der Waals surface area contributed by atoms with E-state index in [4.69, 9.17) is 9.47 Å². The van der Waals surface area contributed by atoms with E-state index in [1.165, 1.54) is 19.4 Å². The summed E-state index contributed by atoms with van der Waals surface area (Å²) < 4.78 is 11.3. The summed E-state index contributed by atoms with van der Waals surface area (Å²) in [5, 5.41) is 6.23. The van der Waals surface area contributed by atoms with Crippen LogP contribution in [-0.4, -0.2) is 56.4 Å². The van der Waals surface area contributed by atoms with E-state index in [-0.39, 0.29) is 17.5 Å². The molecule has 154 valence electrons. The van der Waals surface area contributed by atoms with Gasteiger partial charge in [0, 0.05) is 37.6 Å². The third-order valence-electron chi connectivity index (χ3n) is 6.15. The number of urea groups is 1. The Bertz CT molecular complexity index is 694. The van der Waals surface area contributed by atoms with E-state index in [9.17, 15) is 4.79 Å². The van der Waals surface area contributed by atoms with Crippen molar-refractivity contribution in [3.05, 3.63) is 23.8 Å². The Labute approximate surface area is 168 Å². The molecule has 0 atom stereocenters. The number of nitrogens with one attached hydrogen (secondary N) is 2. The Morgan fingerprint density at radius 3 is 2.54 bits per heavy atom. The molecule has 2 heterocycles. The van der Waals surface area contributed by atoms with E-state index in [2.05, 4.69) is 35.4 Å². The first-order valence-electron chi connectivity index (χ1n) is 10.7. The molecular formula is C22H33N3O3. The van der Waals surface area contributed by atoms with Crippen LogP contribution in [0.1, 0.15) is 45.1 Å². The van der Waals surface area contributed by atoms with Crippen LogP contribution in [-0.2, 0) is 5.41 Å². The molecule has 2 fully saturated rings. The number of likely N-dealkylation sites (tertiary alicyclic amines) is 1. The van der Waals surface area contributed by atoms with Gasteiger partial charge in [0.05, 0.1) is 0 Å². The van der Waals surface area contributed by atoms with E-state index in [0.29, 0.717) is 19.8 Å². The monoisotopic (exact) mass is 387 g/mol. The molecule has 1 saturated carbocycles. The molecule has 2 amide bonds. The SMILES string of the molecule is CC(C)(CNC(=O)NC1CCN(CC2CC2)CC1)c1ccc2c(c1)OCCO2. The van der Waals surface area contributed by atoms with Crippen LogP contribution in [0.5, 0.6) is 11.5 Å². The first-order valence-corrected chi connectivity index (χ1v) is 10.7. The summed E-state index contributed by atoms with van der Waals surface area (Å²) in [6.07, 6.45) is 4.90. The van der Waals surface area contributed by atoms with Crippen molar-refractivity contribution in [1.82, 2.24) is 15.5 Å². The van der Waals surface area contributed by atoms with Gasteiger partial charge in [0.2, 0.25) is 0 Å². The number of piperidine rings is 1. The lowest BCUT2D eigenvalue weighted by Gasteiger charge is -2.33. The molecule has 1 aromatic rings. The zero-order valence-corrected chi connectivity index (χ0v) is 17.1. The first-order chi connectivity index (χ1) is 13.5. The van der Waals surface area contributed by atoms with Gasteiger partial charge in [-0.15, -0.1) is 0 Å². The maximum atomic E-state index is 12.4. The van der Waals surface area contributed by atoms with Crippen molar-refractivity contribution in [1.29, 1.82) is 0 Å². The average molecular weight is 388 g/mol. The van der Waals surface area contributed by atoms with Crippen LogP contribution in [0, 0.1) is 5.92 Å². The fourth-order valence-electron chi connectivity index (χ4n) is 4.03. The van der Waals surface area contributed by atoms with E-state index in [1.807, 2.05) is 12.1 Å². The highest BCUT2D eigenvalue weighted by Gasteiger charge is 2.28. The second kappa shape index (κ2) is 8.19. The quantitative estimate of drug-likeness (QED) is 0.788. The maximum Gasteiger partial charge on any atom is 0.315 e. The summed E-state index contributed by atoms with van der Waals surface area (Å²) in [7, 11) is 0. The van der Waals surface area contributed by atoms with E-state index >= 15 is 0 Å². The van der Waals surface area contributed by atoms with Crippen molar-refractivity contribution in [3.63, 3.8) is 0 Å². The minimum atomic E-state index is -0.194. The lowest BCUT2D eigenvalue weighted by molar-refractivity contribution is 0.171. The summed E-state index contributed by atoms with van der Waals surface area (Å²) in [6, 6.07) is 6.27. The molecule has 0 radical (unpaired) electrons. The van der Waals surface area contributed by atoms with Gasteiger partial charge in [0.15, 0.2) is 11.5 Å². The van der Waals surface area contributed by atoms with Gasteiger partial charge in [-0.2, -0.15) is 0 Å². The molecule has 28 heavy (non-hydrogen) atoms. The second-order valence-corrected chi connectivity index (χ2v) is 9.09. The minimum Gasteiger partial charge on any atom is -0.486 e. The van der Waals surface area contributed by atoms with Crippen molar-refractivity contribution < 1.29 is 14.3 Å². The zero-order chi connectivity index (χ0) is 19.6. The van der Waals surface area contributed by atoms with Crippen LogP contribution in [0.2, 0.25) is 0 Å². The van der Waals surface area contributed by atoms with Gasteiger partial charge in [-0.25, -0.2) is 4.79 Å². The number of benzene rings is 1. The molecule has 2 aliphatic heterocycles. The fourth-order valence-corrected chi connectivity index (χ4v) is 4.03. The fraction of sp³-hybridized carbons (Fsp3) is 0.682. The van der Waals surface area contributed by atoms with E-state index in [0.717, 1.165) is 48.9 Å². The molecule has 0 unspecified atom stereocenters. The molecule has 6 nitrogen and oxygen atoms in total. The summed E-state index contributed by atoms with van der Waals surface area (Å²) in [5.41, 5.74) is 0.936. The Hall–Kier alpha value is -1.95.